The Morgan fingerprint density at radius 3 is 2.52 bits per heavy atom. The van der Waals surface area contributed by atoms with Crippen molar-refractivity contribution in [1.82, 2.24) is 15.0 Å². The first-order valence-corrected chi connectivity index (χ1v) is 7.03. The zero-order valence-electron chi connectivity index (χ0n) is 10.7. The molecule has 0 aliphatic heterocycles. The van der Waals surface area contributed by atoms with Gasteiger partial charge in [0, 0.05) is 22.3 Å². The number of anilines is 3. The summed E-state index contributed by atoms with van der Waals surface area (Å²) in [6, 6.07) is 9.21. The molecular weight excluding hydrogens is 374 g/mol. The van der Waals surface area contributed by atoms with Crippen molar-refractivity contribution in [1.29, 1.82) is 0 Å². The molecule has 0 unspecified atom stereocenters. The minimum atomic E-state index is 0. The number of halogens is 2. The fourth-order valence-electron chi connectivity index (χ4n) is 1.62. The lowest BCUT2D eigenvalue weighted by molar-refractivity contribution is 1.18. The molecule has 2 heterocycles. The minimum Gasteiger partial charge on any atom is -0.368 e. The molecule has 3 N–H and O–H groups in total. The number of nitrogens with two attached hydrogens (primary N) is 1. The number of hydrogen-bond donors (Lipinski definition) is 2. The highest BCUT2D eigenvalue weighted by molar-refractivity contribution is 8.93. The molecule has 0 aliphatic carbocycles. The first-order valence-electron chi connectivity index (χ1n) is 5.78. The molecule has 0 radical (unpaired) electrons. The van der Waals surface area contributed by atoms with Crippen molar-refractivity contribution in [3.63, 3.8) is 0 Å². The van der Waals surface area contributed by atoms with Gasteiger partial charge in [-0.05, 0) is 30.3 Å². The second-order valence-electron chi connectivity index (χ2n) is 3.97. The van der Waals surface area contributed by atoms with Gasteiger partial charge in [0.2, 0.25) is 5.95 Å². The van der Waals surface area contributed by atoms with E-state index in [0.717, 1.165) is 16.5 Å². The van der Waals surface area contributed by atoms with Crippen molar-refractivity contribution in [2.45, 2.75) is 0 Å². The summed E-state index contributed by atoms with van der Waals surface area (Å²) in [7, 11) is 0. The van der Waals surface area contributed by atoms with Gasteiger partial charge in [-0.25, -0.2) is 15.0 Å². The molecule has 21 heavy (non-hydrogen) atoms. The Hall–Kier alpha value is -1.70. The third kappa shape index (κ3) is 3.90. The fourth-order valence-corrected chi connectivity index (χ4v) is 2.47. The van der Waals surface area contributed by atoms with Gasteiger partial charge in [-0.15, -0.1) is 28.3 Å². The van der Waals surface area contributed by atoms with Gasteiger partial charge in [0.05, 0.1) is 5.69 Å². The van der Waals surface area contributed by atoms with Gasteiger partial charge >= 0.3 is 0 Å². The first kappa shape index (κ1) is 15.7. The summed E-state index contributed by atoms with van der Waals surface area (Å²) in [5, 5.41) is 6.60. The molecule has 2 aromatic heterocycles. The Bertz CT molecular complexity index is 731. The lowest BCUT2D eigenvalue weighted by Crippen LogP contribution is -1.95. The molecule has 0 saturated heterocycles. The minimum absolute atomic E-state index is 0. The average molecular weight is 385 g/mol. The number of benzene rings is 1. The Labute approximate surface area is 141 Å². The van der Waals surface area contributed by atoms with Crippen LogP contribution < -0.4 is 11.1 Å². The van der Waals surface area contributed by atoms with E-state index < -0.39 is 0 Å². The second kappa shape index (κ2) is 6.84. The summed E-state index contributed by atoms with van der Waals surface area (Å²) in [5.74, 6) is 0.239. The summed E-state index contributed by atoms with van der Waals surface area (Å²) < 4.78 is 0. The number of thiazole rings is 1. The summed E-state index contributed by atoms with van der Waals surface area (Å²) in [5.41, 5.74) is 7.96. The predicted octanol–water partition coefficient (Wildman–Crippen LogP) is 4.16. The quantitative estimate of drug-likeness (QED) is 0.709. The largest absolute Gasteiger partial charge is 0.368 e. The molecule has 5 nitrogen and oxygen atoms in total. The molecule has 0 saturated carbocycles. The number of rotatable bonds is 3. The van der Waals surface area contributed by atoms with Gasteiger partial charge in [0.25, 0.3) is 0 Å². The molecule has 8 heteroatoms. The number of aromatic nitrogens is 3. The summed E-state index contributed by atoms with van der Waals surface area (Å²) in [6.07, 6.45) is 1.61. The Kier molecular flexibility index (Phi) is 5.11. The zero-order chi connectivity index (χ0) is 13.9. The second-order valence-corrected chi connectivity index (χ2v) is 5.26. The van der Waals surface area contributed by atoms with Crippen molar-refractivity contribution in [2.75, 3.05) is 11.1 Å². The van der Waals surface area contributed by atoms with Gasteiger partial charge < -0.3 is 11.1 Å². The topological polar surface area (TPSA) is 76.7 Å². The van der Waals surface area contributed by atoms with Crippen LogP contribution in [0.4, 0.5) is 16.8 Å². The van der Waals surface area contributed by atoms with Crippen LogP contribution in [0.2, 0.25) is 5.02 Å². The number of nitrogens with one attached hydrogen (secondary N) is 1. The fraction of sp³-hybridized carbons (Fsp3) is 0. The van der Waals surface area contributed by atoms with Gasteiger partial charge in [0.1, 0.15) is 5.69 Å². The SMILES string of the molecule is Br.Nc1nccc(-c2csc(Nc3ccc(Cl)cc3)n2)n1. The van der Waals surface area contributed by atoms with Crippen LogP contribution in [0.1, 0.15) is 0 Å². The monoisotopic (exact) mass is 383 g/mol. The Balaban J connectivity index is 0.00000161. The molecule has 0 bridgehead atoms. The molecule has 108 valence electrons. The van der Waals surface area contributed by atoms with Crippen LogP contribution in [-0.2, 0) is 0 Å². The van der Waals surface area contributed by atoms with Crippen LogP contribution in [0.3, 0.4) is 0 Å². The zero-order valence-corrected chi connectivity index (χ0v) is 13.9. The highest BCUT2D eigenvalue weighted by Crippen LogP contribution is 2.26. The van der Waals surface area contributed by atoms with Gasteiger partial charge in [-0.1, -0.05) is 11.6 Å². The van der Waals surface area contributed by atoms with Gasteiger partial charge in [-0.3, -0.25) is 0 Å². The standard InChI is InChI=1S/C13H10ClN5S.BrH/c14-8-1-3-9(4-2-8)17-13-19-11(7-20-13)10-5-6-16-12(15)18-10;/h1-7H,(H,17,19)(H2,15,16,18);1H. The first-order chi connectivity index (χ1) is 9.70. The molecule has 1 aromatic carbocycles. The third-order valence-electron chi connectivity index (χ3n) is 2.54. The van der Waals surface area contributed by atoms with Crippen LogP contribution in [0.5, 0.6) is 0 Å². The van der Waals surface area contributed by atoms with E-state index in [1.54, 1.807) is 12.3 Å². The van der Waals surface area contributed by atoms with E-state index in [-0.39, 0.29) is 22.9 Å². The van der Waals surface area contributed by atoms with E-state index in [9.17, 15) is 0 Å². The van der Waals surface area contributed by atoms with E-state index in [0.29, 0.717) is 10.7 Å². The molecule has 3 aromatic rings. The van der Waals surface area contributed by atoms with Crippen LogP contribution in [0.25, 0.3) is 11.4 Å². The average Bonchev–Trinajstić information content (AvgIpc) is 2.90. The number of hydrogen-bond acceptors (Lipinski definition) is 6. The molecule has 0 atom stereocenters. The van der Waals surface area contributed by atoms with Crippen molar-refractivity contribution in [3.05, 3.63) is 46.9 Å². The molecule has 3 rings (SSSR count). The van der Waals surface area contributed by atoms with Crippen molar-refractivity contribution < 1.29 is 0 Å². The van der Waals surface area contributed by atoms with E-state index in [1.807, 2.05) is 29.6 Å². The normalized spacial score (nSPS) is 9.95. The van der Waals surface area contributed by atoms with Crippen molar-refractivity contribution in [3.8, 4) is 11.4 Å². The summed E-state index contributed by atoms with van der Waals surface area (Å²) in [6.45, 7) is 0. The number of nitrogens with zero attached hydrogens (tertiary/aromatic N) is 3. The maximum absolute atomic E-state index is 5.85. The molecular formula is C13H11BrClN5S. The maximum atomic E-state index is 5.85. The highest BCUT2D eigenvalue weighted by Gasteiger charge is 2.06. The van der Waals surface area contributed by atoms with E-state index in [1.165, 1.54) is 11.3 Å². The van der Waals surface area contributed by atoms with Gasteiger partial charge in [0.15, 0.2) is 5.13 Å². The van der Waals surface area contributed by atoms with E-state index >= 15 is 0 Å². The van der Waals surface area contributed by atoms with Crippen LogP contribution in [-0.4, -0.2) is 15.0 Å². The molecule has 0 fully saturated rings. The van der Waals surface area contributed by atoms with Crippen LogP contribution in [0.15, 0.2) is 41.9 Å². The van der Waals surface area contributed by atoms with Crippen LogP contribution >= 0.6 is 39.9 Å². The van der Waals surface area contributed by atoms with Crippen LogP contribution in [0, 0.1) is 0 Å². The lowest BCUT2D eigenvalue weighted by Gasteiger charge is -2.01. The van der Waals surface area contributed by atoms with Crippen molar-refractivity contribution in [2.24, 2.45) is 0 Å². The Morgan fingerprint density at radius 2 is 1.81 bits per heavy atom. The third-order valence-corrected chi connectivity index (χ3v) is 3.55. The van der Waals surface area contributed by atoms with E-state index in [2.05, 4.69) is 20.3 Å². The van der Waals surface area contributed by atoms with Gasteiger partial charge in [-0.2, -0.15) is 0 Å². The van der Waals surface area contributed by atoms with Crippen molar-refractivity contribution >= 4 is 56.7 Å². The predicted molar refractivity (Wildman–Crippen MR) is 92.6 cm³/mol. The smallest absolute Gasteiger partial charge is 0.220 e. The summed E-state index contributed by atoms with van der Waals surface area (Å²) in [4.78, 5) is 12.5. The molecule has 0 aliphatic rings. The maximum Gasteiger partial charge on any atom is 0.220 e. The number of nitrogen functional groups attached to an aromatic ring is 1. The lowest BCUT2D eigenvalue weighted by atomic mass is 10.3. The van der Waals surface area contributed by atoms with E-state index in [4.69, 9.17) is 17.3 Å². The Morgan fingerprint density at radius 1 is 1.05 bits per heavy atom. The summed E-state index contributed by atoms with van der Waals surface area (Å²) >= 11 is 7.34. The molecule has 0 amide bonds. The highest BCUT2D eigenvalue weighted by atomic mass is 79.9. The molecule has 0 spiro atoms.